The fraction of sp³-hybridized carbons (Fsp3) is 0.667. The molecule has 66 valence electrons. The molecule has 0 N–H and O–H groups in total. The number of hydrogen-bond acceptors (Lipinski definition) is 2. The van der Waals surface area contributed by atoms with E-state index < -0.39 is 0 Å². The van der Waals surface area contributed by atoms with Crippen LogP contribution in [0.5, 0.6) is 5.88 Å². The van der Waals surface area contributed by atoms with Crippen molar-refractivity contribution in [1.29, 1.82) is 0 Å². The van der Waals surface area contributed by atoms with Crippen molar-refractivity contribution < 1.29 is 4.74 Å². The summed E-state index contributed by atoms with van der Waals surface area (Å²) in [5.74, 6) is 0.770. The molecule has 0 saturated heterocycles. The Morgan fingerprint density at radius 2 is 2.33 bits per heavy atom. The lowest BCUT2D eigenvalue weighted by molar-refractivity contribution is 0.285. The van der Waals surface area contributed by atoms with E-state index in [9.17, 15) is 0 Å². The minimum Gasteiger partial charge on any atom is -0.473 e. The molecular weight excluding hydrogens is 152 g/mol. The maximum absolute atomic E-state index is 5.52. The molecule has 0 spiro atoms. The van der Waals surface area contributed by atoms with Gasteiger partial charge in [-0.25, -0.2) is 0 Å². The van der Waals surface area contributed by atoms with Gasteiger partial charge in [0.25, 0.3) is 0 Å². The maximum Gasteiger partial charge on any atom is 0.232 e. The molecule has 1 aliphatic rings. The highest BCUT2D eigenvalue weighted by atomic mass is 16.5. The van der Waals surface area contributed by atoms with E-state index in [2.05, 4.69) is 18.9 Å². The molecule has 3 heteroatoms. The van der Waals surface area contributed by atoms with Crippen LogP contribution in [0.15, 0.2) is 12.3 Å². The van der Waals surface area contributed by atoms with Gasteiger partial charge in [-0.2, -0.15) is 0 Å². The van der Waals surface area contributed by atoms with E-state index in [0.717, 1.165) is 5.88 Å². The summed E-state index contributed by atoms with van der Waals surface area (Å²) >= 11 is 0. The van der Waals surface area contributed by atoms with Crippen molar-refractivity contribution in [3.8, 4) is 5.88 Å². The highest BCUT2D eigenvalue weighted by Gasteiger charge is 2.24. The molecular formula is C9H14N2O. The SMILES string of the molecule is CC(C)n1ccc(OC2CC2)n1. The molecule has 1 aromatic heterocycles. The van der Waals surface area contributed by atoms with Gasteiger partial charge in [-0.15, -0.1) is 5.10 Å². The van der Waals surface area contributed by atoms with Crippen LogP contribution in [0.4, 0.5) is 0 Å². The number of aromatic nitrogens is 2. The van der Waals surface area contributed by atoms with Crippen molar-refractivity contribution in [2.75, 3.05) is 0 Å². The lowest BCUT2D eigenvalue weighted by atomic mass is 10.4. The second kappa shape index (κ2) is 2.81. The largest absolute Gasteiger partial charge is 0.473 e. The molecule has 0 unspecified atom stereocenters. The Morgan fingerprint density at radius 3 is 2.83 bits per heavy atom. The summed E-state index contributed by atoms with van der Waals surface area (Å²) in [6.45, 7) is 4.21. The van der Waals surface area contributed by atoms with E-state index in [1.54, 1.807) is 0 Å². The van der Waals surface area contributed by atoms with E-state index in [1.807, 2.05) is 16.9 Å². The van der Waals surface area contributed by atoms with Crippen molar-refractivity contribution in [3.63, 3.8) is 0 Å². The molecule has 3 nitrogen and oxygen atoms in total. The number of hydrogen-bond donors (Lipinski definition) is 0. The van der Waals surface area contributed by atoms with Crippen LogP contribution in [0.1, 0.15) is 32.7 Å². The van der Waals surface area contributed by atoms with Crippen LogP contribution >= 0.6 is 0 Å². The van der Waals surface area contributed by atoms with Crippen molar-refractivity contribution >= 4 is 0 Å². The smallest absolute Gasteiger partial charge is 0.232 e. The highest BCUT2D eigenvalue weighted by Crippen LogP contribution is 2.25. The Kier molecular flexibility index (Phi) is 1.79. The van der Waals surface area contributed by atoms with Gasteiger partial charge in [0.15, 0.2) is 0 Å². The summed E-state index contributed by atoms with van der Waals surface area (Å²) in [6, 6.07) is 2.35. The van der Waals surface area contributed by atoms with Gasteiger partial charge >= 0.3 is 0 Å². The zero-order valence-electron chi connectivity index (χ0n) is 7.53. The van der Waals surface area contributed by atoms with Crippen LogP contribution < -0.4 is 4.74 Å². The van der Waals surface area contributed by atoms with Crippen LogP contribution in [0.2, 0.25) is 0 Å². The van der Waals surface area contributed by atoms with Crippen LogP contribution in [0.3, 0.4) is 0 Å². The molecule has 1 saturated carbocycles. The van der Waals surface area contributed by atoms with E-state index >= 15 is 0 Å². The minimum absolute atomic E-state index is 0.418. The van der Waals surface area contributed by atoms with Crippen LogP contribution in [0.25, 0.3) is 0 Å². The zero-order valence-corrected chi connectivity index (χ0v) is 7.53. The van der Waals surface area contributed by atoms with Gasteiger partial charge < -0.3 is 4.74 Å². The van der Waals surface area contributed by atoms with Crippen LogP contribution in [-0.2, 0) is 0 Å². The van der Waals surface area contributed by atoms with Gasteiger partial charge in [0.2, 0.25) is 5.88 Å². The first-order chi connectivity index (χ1) is 5.75. The summed E-state index contributed by atoms with van der Waals surface area (Å²) in [7, 11) is 0. The van der Waals surface area contributed by atoms with E-state index in [-0.39, 0.29) is 0 Å². The number of nitrogens with zero attached hydrogens (tertiary/aromatic N) is 2. The Morgan fingerprint density at radius 1 is 1.58 bits per heavy atom. The minimum atomic E-state index is 0.418. The standard InChI is InChI=1S/C9H14N2O/c1-7(2)11-6-5-9(10-11)12-8-3-4-8/h5-8H,3-4H2,1-2H3. The fourth-order valence-electron chi connectivity index (χ4n) is 1.03. The Balaban J connectivity index is 2.02. The molecule has 0 bridgehead atoms. The average Bonchev–Trinajstić information content (AvgIpc) is 2.66. The second-order valence-electron chi connectivity index (χ2n) is 3.54. The lowest BCUT2D eigenvalue weighted by Crippen LogP contribution is -2.02. The van der Waals surface area contributed by atoms with Crippen molar-refractivity contribution in [2.45, 2.75) is 38.8 Å². The first kappa shape index (κ1) is 7.65. The van der Waals surface area contributed by atoms with E-state index in [4.69, 9.17) is 4.74 Å². The molecule has 0 aromatic carbocycles. The summed E-state index contributed by atoms with van der Waals surface area (Å²) in [4.78, 5) is 0. The first-order valence-corrected chi connectivity index (χ1v) is 4.47. The van der Waals surface area contributed by atoms with Crippen LogP contribution in [-0.4, -0.2) is 15.9 Å². The van der Waals surface area contributed by atoms with Crippen LogP contribution in [0, 0.1) is 0 Å². The predicted octanol–water partition coefficient (Wildman–Crippen LogP) is 2.01. The summed E-state index contributed by atoms with van der Waals surface area (Å²) in [5.41, 5.74) is 0. The normalized spacial score (nSPS) is 16.9. The summed E-state index contributed by atoms with van der Waals surface area (Å²) in [6.07, 6.45) is 4.78. The summed E-state index contributed by atoms with van der Waals surface area (Å²) < 4.78 is 7.44. The topological polar surface area (TPSA) is 27.1 Å². The third-order valence-electron chi connectivity index (χ3n) is 1.92. The van der Waals surface area contributed by atoms with Crippen molar-refractivity contribution in [3.05, 3.63) is 12.3 Å². The van der Waals surface area contributed by atoms with Gasteiger partial charge in [0, 0.05) is 18.3 Å². The Bertz CT molecular complexity index is 263. The molecule has 1 aromatic rings. The average molecular weight is 166 g/mol. The van der Waals surface area contributed by atoms with E-state index in [1.165, 1.54) is 12.8 Å². The van der Waals surface area contributed by atoms with Gasteiger partial charge in [-0.3, -0.25) is 4.68 Å². The molecule has 1 heterocycles. The third-order valence-corrected chi connectivity index (χ3v) is 1.92. The monoisotopic (exact) mass is 166 g/mol. The predicted molar refractivity (Wildman–Crippen MR) is 46.3 cm³/mol. The molecule has 12 heavy (non-hydrogen) atoms. The molecule has 2 rings (SSSR count). The molecule has 0 radical (unpaired) electrons. The van der Waals surface area contributed by atoms with Gasteiger partial charge in [0.1, 0.15) is 6.10 Å². The van der Waals surface area contributed by atoms with Crippen molar-refractivity contribution in [1.82, 2.24) is 9.78 Å². The van der Waals surface area contributed by atoms with Gasteiger partial charge in [0.05, 0.1) is 0 Å². The third kappa shape index (κ3) is 1.60. The molecule has 0 atom stereocenters. The Hall–Kier alpha value is -0.990. The Labute approximate surface area is 72.3 Å². The first-order valence-electron chi connectivity index (χ1n) is 4.47. The lowest BCUT2D eigenvalue weighted by Gasteiger charge is -2.03. The summed E-state index contributed by atoms with van der Waals surface area (Å²) in [5, 5.41) is 4.28. The molecule has 0 amide bonds. The van der Waals surface area contributed by atoms with Gasteiger partial charge in [-0.05, 0) is 26.7 Å². The molecule has 1 fully saturated rings. The fourth-order valence-corrected chi connectivity index (χ4v) is 1.03. The molecule has 0 aliphatic heterocycles. The quantitative estimate of drug-likeness (QED) is 0.686. The zero-order chi connectivity index (χ0) is 8.55. The second-order valence-corrected chi connectivity index (χ2v) is 3.54. The van der Waals surface area contributed by atoms with Crippen molar-refractivity contribution in [2.24, 2.45) is 0 Å². The number of rotatable bonds is 3. The van der Waals surface area contributed by atoms with Gasteiger partial charge in [-0.1, -0.05) is 0 Å². The van der Waals surface area contributed by atoms with E-state index in [0.29, 0.717) is 12.1 Å². The highest BCUT2D eigenvalue weighted by molar-refractivity contribution is 5.07. The number of ether oxygens (including phenoxy) is 1. The molecule has 1 aliphatic carbocycles. The maximum atomic E-state index is 5.52.